The third-order valence-corrected chi connectivity index (χ3v) is 4.33. The smallest absolute Gasteiger partial charge is 0.119 e. The predicted molar refractivity (Wildman–Crippen MR) is 104 cm³/mol. The molecule has 1 atom stereocenters. The van der Waals surface area contributed by atoms with Gasteiger partial charge in [0.25, 0.3) is 0 Å². The van der Waals surface area contributed by atoms with Crippen molar-refractivity contribution in [1.29, 1.82) is 0 Å². The maximum atomic E-state index is 5.68. The average Bonchev–Trinajstić information content (AvgIpc) is 3.09. The van der Waals surface area contributed by atoms with Gasteiger partial charge in [-0.25, -0.2) is 0 Å². The number of benzene rings is 1. The first-order valence-electron chi connectivity index (χ1n) is 9.54. The largest absolute Gasteiger partial charge is 0.491 e. The second-order valence-electron chi connectivity index (χ2n) is 7.46. The van der Waals surface area contributed by atoms with Crippen LogP contribution in [0.5, 0.6) is 5.75 Å². The molecule has 0 spiro atoms. The molecule has 1 N–H and O–H groups in total. The molecule has 0 saturated carbocycles. The van der Waals surface area contributed by atoms with Gasteiger partial charge >= 0.3 is 0 Å². The molecule has 25 heavy (non-hydrogen) atoms. The highest BCUT2D eigenvalue weighted by Gasteiger charge is 2.14. The Morgan fingerprint density at radius 1 is 0.960 bits per heavy atom. The lowest BCUT2D eigenvalue weighted by atomic mass is 9.93. The third-order valence-electron chi connectivity index (χ3n) is 4.33. The first-order valence-corrected chi connectivity index (χ1v) is 9.54. The molecule has 1 aromatic heterocycles. The third kappa shape index (κ3) is 7.35. The van der Waals surface area contributed by atoms with E-state index in [-0.39, 0.29) is 6.10 Å². The molecule has 1 heterocycles. The molecule has 1 aromatic carbocycles. The van der Waals surface area contributed by atoms with E-state index in [1.54, 1.807) is 6.26 Å². The summed E-state index contributed by atoms with van der Waals surface area (Å²) in [5.74, 6) is 3.30. The zero-order valence-electron chi connectivity index (χ0n) is 16.1. The quantitative estimate of drug-likeness (QED) is 0.526. The van der Waals surface area contributed by atoms with E-state index in [1.165, 1.54) is 18.4 Å². The van der Waals surface area contributed by atoms with Crippen LogP contribution in [0.15, 0.2) is 47.1 Å². The molecule has 0 radical (unpaired) electrons. The summed E-state index contributed by atoms with van der Waals surface area (Å²) < 4.78 is 11.3. The van der Waals surface area contributed by atoms with Crippen molar-refractivity contribution < 1.29 is 9.15 Å². The number of furan rings is 1. The molecule has 3 heteroatoms. The SMILES string of the molecule is CC(C)CC[C@@H](CCNCc1ccc(OC(C)C)cc1)c1ccco1. The molecule has 0 saturated heterocycles. The van der Waals surface area contributed by atoms with Crippen LogP contribution < -0.4 is 10.1 Å². The number of hydrogen-bond acceptors (Lipinski definition) is 3. The van der Waals surface area contributed by atoms with Gasteiger partial charge in [0.15, 0.2) is 0 Å². The van der Waals surface area contributed by atoms with Crippen LogP contribution in [0, 0.1) is 5.92 Å². The fraction of sp³-hybridized carbons (Fsp3) is 0.545. The zero-order chi connectivity index (χ0) is 18.1. The molecule has 0 bridgehead atoms. The fourth-order valence-corrected chi connectivity index (χ4v) is 2.95. The van der Waals surface area contributed by atoms with Crippen molar-refractivity contribution in [3.63, 3.8) is 0 Å². The van der Waals surface area contributed by atoms with Crippen LogP contribution >= 0.6 is 0 Å². The molecular weight excluding hydrogens is 310 g/mol. The Morgan fingerprint density at radius 3 is 2.32 bits per heavy atom. The van der Waals surface area contributed by atoms with Crippen molar-refractivity contribution in [3.05, 3.63) is 54.0 Å². The molecular formula is C22H33NO2. The van der Waals surface area contributed by atoms with Crippen LogP contribution in [0.3, 0.4) is 0 Å². The van der Waals surface area contributed by atoms with E-state index >= 15 is 0 Å². The van der Waals surface area contributed by atoms with Gasteiger partial charge in [-0.2, -0.15) is 0 Å². The molecule has 0 aliphatic carbocycles. The van der Waals surface area contributed by atoms with E-state index < -0.39 is 0 Å². The van der Waals surface area contributed by atoms with E-state index in [0.29, 0.717) is 5.92 Å². The number of ether oxygens (including phenoxy) is 1. The first kappa shape index (κ1) is 19.6. The highest BCUT2D eigenvalue weighted by atomic mass is 16.5. The number of hydrogen-bond donors (Lipinski definition) is 1. The van der Waals surface area contributed by atoms with Gasteiger partial charge in [0.1, 0.15) is 11.5 Å². The van der Waals surface area contributed by atoms with Crippen LogP contribution in [0.25, 0.3) is 0 Å². The van der Waals surface area contributed by atoms with E-state index in [9.17, 15) is 0 Å². The van der Waals surface area contributed by atoms with Crippen LogP contribution in [-0.2, 0) is 6.54 Å². The van der Waals surface area contributed by atoms with Crippen molar-refractivity contribution >= 4 is 0 Å². The van der Waals surface area contributed by atoms with Gasteiger partial charge in [-0.3, -0.25) is 0 Å². The molecule has 138 valence electrons. The van der Waals surface area contributed by atoms with Gasteiger partial charge < -0.3 is 14.5 Å². The van der Waals surface area contributed by atoms with E-state index in [4.69, 9.17) is 9.15 Å². The fourth-order valence-electron chi connectivity index (χ4n) is 2.95. The number of rotatable bonds is 11. The lowest BCUT2D eigenvalue weighted by Crippen LogP contribution is -2.17. The first-order chi connectivity index (χ1) is 12.0. The Labute approximate surface area is 152 Å². The maximum Gasteiger partial charge on any atom is 0.119 e. The Kier molecular flexibility index (Phi) is 8.07. The summed E-state index contributed by atoms with van der Waals surface area (Å²) in [4.78, 5) is 0. The summed E-state index contributed by atoms with van der Waals surface area (Å²) in [5, 5.41) is 3.56. The Bertz CT molecular complexity index is 573. The van der Waals surface area contributed by atoms with E-state index in [2.05, 4.69) is 37.4 Å². The van der Waals surface area contributed by atoms with Crippen LogP contribution in [-0.4, -0.2) is 12.6 Å². The van der Waals surface area contributed by atoms with Crippen LogP contribution in [0.4, 0.5) is 0 Å². The predicted octanol–water partition coefficient (Wildman–Crippen LogP) is 5.77. The molecule has 0 aliphatic heterocycles. The van der Waals surface area contributed by atoms with Gasteiger partial charge in [0.2, 0.25) is 0 Å². The zero-order valence-corrected chi connectivity index (χ0v) is 16.1. The van der Waals surface area contributed by atoms with Crippen molar-refractivity contribution in [2.24, 2.45) is 5.92 Å². The van der Waals surface area contributed by atoms with Crippen LogP contribution in [0.1, 0.15) is 64.2 Å². The Hall–Kier alpha value is -1.74. The Balaban J connectivity index is 1.75. The van der Waals surface area contributed by atoms with Gasteiger partial charge in [0.05, 0.1) is 12.4 Å². The summed E-state index contributed by atoms with van der Waals surface area (Å²) in [6, 6.07) is 12.5. The van der Waals surface area contributed by atoms with Gasteiger partial charge in [-0.15, -0.1) is 0 Å². The second-order valence-corrected chi connectivity index (χ2v) is 7.46. The number of nitrogens with one attached hydrogen (secondary N) is 1. The van der Waals surface area contributed by atoms with Gasteiger partial charge in [0, 0.05) is 12.5 Å². The van der Waals surface area contributed by atoms with E-state index in [1.807, 2.05) is 32.0 Å². The highest BCUT2D eigenvalue weighted by molar-refractivity contribution is 5.27. The molecule has 0 fully saturated rings. The monoisotopic (exact) mass is 343 g/mol. The summed E-state index contributed by atoms with van der Waals surface area (Å²) in [6.07, 6.45) is 5.53. The van der Waals surface area contributed by atoms with Crippen LogP contribution in [0.2, 0.25) is 0 Å². The summed E-state index contributed by atoms with van der Waals surface area (Å²) in [6.45, 7) is 10.5. The van der Waals surface area contributed by atoms with Crippen molar-refractivity contribution in [2.45, 2.75) is 65.5 Å². The maximum absolute atomic E-state index is 5.68. The Morgan fingerprint density at radius 2 is 1.72 bits per heavy atom. The standard InChI is InChI=1S/C22H33NO2/c1-17(2)7-10-20(22-6-5-15-24-22)13-14-23-16-19-8-11-21(12-9-19)25-18(3)4/h5-6,8-9,11-12,15,17-18,20,23H,7,10,13-14,16H2,1-4H3/t20-/m0/s1. The minimum absolute atomic E-state index is 0.216. The van der Waals surface area contributed by atoms with E-state index in [0.717, 1.165) is 36.9 Å². The summed E-state index contributed by atoms with van der Waals surface area (Å²) >= 11 is 0. The molecule has 2 rings (SSSR count). The lowest BCUT2D eigenvalue weighted by Gasteiger charge is -2.16. The molecule has 0 unspecified atom stereocenters. The normalized spacial score (nSPS) is 12.7. The van der Waals surface area contributed by atoms with Crippen molar-refractivity contribution in [1.82, 2.24) is 5.32 Å². The van der Waals surface area contributed by atoms with Gasteiger partial charge in [-0.1, -0.05) is 32.4 Å². The second kappa shape index (κ2) is 10.3. The van der Waals surface area contributed by atoms with Crippen molar-refractivity contribution in [3.8, 4) is 5.75 Å². The average molecular weight is 344 g/mol. The molecule has 2 aromatic rings. The summed E-state index contributed by atoms with van der Waals surface area (Å²) in [7, 11) is 0. The minimum Gasteiger partial charge on any atom is -0.491 e. The highest BCUT2D eigenvalue weighted by Crippen LogP contribution is 2.26. The molecule has 0 aliphatic rings. The topological polar surface area (TPSA) is 34.4 Å². The van der Waals surface area contributed by atoms with Crippen molar-refractivity contribution in [2.75, 3.05) is 6.54 Å². The summed E-state index contributed by atoms with van der Waals surface area (Å²) in [5.41, 5.74) is 1.29. The molecule has 3 nitrogen and oxygen atoms in total. The minimum atomic E-state index is 0.216. The van der Waals surface area contributed by atoms with Gasteiger partial charge in [-0.05, 0) is 69.0 Å². The molecule has 0 amide bonds. The lowest BCUT2D eigenvalue weighted by molar-refractivity contribution is 0.242.